The zero-order chi connectivity index (χ0) is 24.1. The molecule has 1 unspecified atom stereocenters. The highest BCUT2D eigenvalue weighted by atomic mass is 35.5. The van der Waals surface area contributed by atoms with Crippen molar-refractivity contribution >= 4 is 63.3 Å². The number of hydrogen-bond acceptors (Lipinski definition) is 4. The number of thioether (sulfide) groups is 1. The Morgan fingerprint density at radius 2 is 1.79 bits per heavy atom. The van der Waals surface area contributed by atoms with E-state index in [1.54, 1.807) is 41.3 Å². The van der Waals surface area contributed by atoms with Crippen molar-refractivity contribution in [3.8, 4) is 0 Å². The predicted molar refractivity (Wildman–Crippen MR) is 136 cm³/mol. The number of carbonyl (C=O) groups excluding carboxylic acids is 2. The molecule has 9 heteroatoms. The minimum Gasteiger partial charge on any atom is -0.325 e. The van der Waals surface area contributed by atoms with Crippen LogP contribution in [0, 0.1) is 5.82 Å². The molecule has 0 radical (unpaired) electrons. The third-order valence-electron chi connectivity index (χ3n) is 5.11. The van der Waals surface area contributed by atoms with Crippen LogP contribution in [0.2, 0.25) is 10.0 Å². The molecule has 0 saturated carbocycles. The molecule has 0 spiro atoms. The van der Waals surface area contributed by atoms with Crippen molar-refractivity contribution in [3.05, 3.63) is 94.2 Å². The normalized spacial score (nSPS) is 17.1. The third-order valence-corrected chi connectivity index (χ3v) is 6.79. The summed E-state index contributed by atoms with van der Waals surface area (Å²) in [4.78, 5) is 32.2. The summed E-state index contributed by atoms with van der Waals surface area (Å²) in [6, 6.07) is 19.9. The lowest BCUT2D eigenvalue weighted by molar-refractivity contribution is -0.129. The molecule has 1 saturated heterocycles. The minimum atomic E-state index is -0.669. The first-order valence-electron chi connectivity index (χ1n) is 10.5. The SMILES string of the molecule is O=C(Nc1cccc(Cl)c1)C1CC(=O)N(CCc2ccc(Cl)cc2)C(=Nc2ccc(F)cc2)S1. The average Bonchev–Trinajstić information content (AvgIpc) is 2.81. The molecule has 1 N–H and O–H groups in total. The van der Waals surface area contributed by atoms with Crippen LogP contribution in [0.1, 0.15) is 12.0 Å². The van der Waals surface area contributed by atoms with Gasteiger partial charge in [0.05, 0.1) is 5.69 Å². The summed E-state index contributed by atoms with van der Waals surface area (Å²) < 4.78 is 13.4. The van der Waals surface area contributed by atoms with Crippen LogP contribution >= 0.6 is 35.0 Å². The van der Waals surface area contributed by atoms with Gasteiger partial charge in [0.25, 0.3) is 0 Å². The van der Waals surface area contributed by atoms with E-state index < -0.39 is 5.25 Å². The van der Waals surface area contributed by atoms with Gasteiger partial charge in [-0.1, -0.05) is 53.2 Å². The van der Waals surface area contributed by atoms with Gasteiger partial charge >= 0.3 is 0 Å². The average molecular weight is 516 g/mol. The van der Waals surface area contributed by atoms with Crippen LogP contribution in [-0.2, 0) is 16.0 Å². The van der Waals surface area contributed by atoms with Crippen LogP contribution in [-0.4, -0.2) is 33.7 Å². The summed E-state index contributed by atoms with van der Waals surface area (Å²) >= 11 is 13.2. The number of amides is 2. The Hall–Kier alpha value is -2.87. The fourth-order valence-corrected chi connectivity index (χ4v) is 4.81. The van der Waals surface area contributed by atoms with Gasteiger partial charge < -0.3 is 5.32 Å². The first kappa shape index (κ1) is 24.3. The lowest BCUT2D eigenvalue weighted by Crippen LogP contribution is -2.46. The number of anilines is 1. The third kappa shape index (κ3) is 6.38. The Morgan fingerprint density at radius 3 is 2.50 bits per heavy atom. The maximum Gasteiger partial charge on any atom is 0.238 e. The summed E-state index contributed by atoms with van der Waals surface area (Å²) in [5.74, 6) is -0.903. The number of carbonyl (C=O) groups is 2. The molecule has 0 bridgehead atoms. The van der Waals surface area contributed by atoms with Crippen LogP contribution in [0.5, 0.6) is 0 Å². The molecule has 34 heavy (non-hydrogen) atoms. The fraction of sp³-hybridized carbons (Fsp3) is 0.160. The Labute approximate surface area is 211 Å². The summed E-state index contributed by atoms with van der Waals surface area (Å²) in [5.41, 5.74) is 2.06. The molecule has 3 aromatic rings. The quantitative estimate of drug-likeness (QED) is 0.416. The smallest absolute Gasteiger partial charge is 0.238 e. The van der Waals surface area contributed by atoms with Crippen LogP contribution in [0.4, 0.5) is 15.8 Å². The van der Waals surface area contributed by atoms with Gasteiger partial charge in [0.1, 0.15) is 11.1 Å². The predicted octanol–water partition coefficient (Wildman–Crippen LogP) is 6.34. The van der Waals surface area contributed by atoms with Gasteiger partial charge in [-0.3, -0.25) is 14.5 Å². The van der Waals surface area contributed by atoms with E-state index in [0.717, 1.165) is 5.56 Å². The van der Waals surface area contributed by atoms with Crippen LogP contribution in [0.25, 0.3) is 0 Å². The fourth-order valence-electron chi connectivity index (χ4n) is 3.37. The lowest BCUT2D eigenvalue weighted by atomic mass is 10.1. The maximum absolute atomic E-state index is 13.4. The standard InChI is InChI=1S/C25H20Cl2FN3O2S/c26-17-6-4-16(5-7-17)12-13-31-23(32)15-22(24(33)29-21-3-1-2-18(27)14-21)34-25(31)30-20-10-8-19(28)9-11-20/h1-11,14,22H,12-13,15H2,(H,29,33). The Morgan fingerprint density at radius 1 is 1.06 bits per heavy atom. The number of benzene rings is 3. The number of rotatable bonds is 6. The second-order valence-electron chi connectivity index (χ2n) is 7.60. The van der Waals surface area contributed by atoms with Crippen LogP contribution < -0.4 is 5.32 Å². The lowest BCUT2D eigenvalue weighted by Gasteiger charge is -2.32. The van der Waals surface area contributed by atoms with Gasteiger partial charge in [0, 0.05) is 28.7 Å². The van der Waals surface area contributed by atoms with Crippen molar-refractivity contribution in [3.63, 3.8) is 0 Å². The molecule has 1 aliphatic heterocycles. The number of halogens is 3. The molecule has 174 valence electrons. The Balaban J connectivity index is 1.55. The molecule has 5 nitrogen and oxygen atoms in total. The van der Waals surface area contributed by atoms with Gasteiger partial charge in [-0.15, -0.1) is 0 Å². The summed E-state index contributed by atoms with van der Waals surface area (Å²) in [5, 5.41) is 3.67. The van der Waals surface area contributed by atoms with E-state index in [1.807, 2.05) is 12.1 Å². The highest BCUT2D eigenvalue weighted by Crippen LogP contribution is 2.30. The molecule has 1 heterocycles. The topological polar surface area (TPSA) is 61.8 Å². The van der Waals surface area contributed by atoms with E-state index >= 15 is 0 Å². The van der Waals surface area contributed by atoms with Gasteiger partial charge in [0.2, 0.25) is 11.8 Å². The van der Waals surface area contributed by atoms with Crippen molar-refractivity contribution in [2.45, 2.75) is 18.1 Å². The summed E-state index contributed by atoms with van der Waals surface area (Å²) in [7, 11) is 0. The second-order valence-corrected chi connectivity index (χ2v) is 9.65. The van der Waals surface area contributed by atoms with E-state index in [2.05, 4.69) is 10.3 Å². The van der Waals surface area contributed by atoms with Crippen molar-refractivity contribution in [2.75, 3.05) is 11.9 Å². The number of hydrogen-bond donors (Lipinski definition) is 1. The zero-order valence-electron chi connectivity index (χ0n) is 17.9. The molecular formula is C25H20Cl2FN3O2S. The van der Waals surface area contributed by atoms with Crippen molar-refractivity contribution in [2.24, 2.45) is 4.99 Å². The van der Waals surface area contributed by atoms with E-state index in [4.69, 9.17) is 23.2 Å². The number of nitrogens with one attached hydrogen (secondary N) is 1. The molecule has 0 aromatic heterocycles. The maximum atomic E-state index is 13.4. The van der Waals surface area contributed by atoms with Crippen molar-refractivity contribution in [1.29, 1.82) is 0 Å². The Kier molecular flexibility index (Phi) is 7.88. The zero-order valence-corrected chi connectivity index (χ0v) is 20.2. The molecule has 1 aliphatic rings. The molecule has 1 atom stereocenters. The minimum absolute atomic E-state index is 0.0279. The monoisotopic (exact) mass is 515 g/mol. The van der Waals surface area contributed by atoms with Gasteiger partial charge in [-0.05, 0) is 66.6 Å². The number of aliphatic imine (C=N–C) groups is 1. The first-order valence-corrected chi connectivity index (χ1v) is 12.1. The van der Waals surface area contributed by atoms with E-state index in [1.165, 1.54) is 36.0 Å². The summed E-state index contributed by atoms with van der Waals surface area (Å²) in [6.07, 6.45) is 0.616. The van der Waals surface area contributed by atoms with Crippen LogP contribution in [0.15, 0.2) is 77.8 Å². The molecule has 2 amide bonds. The highest BCUT2D eigenvalue weighted by molar-refractivity contribution is 8.15. The highest BCUT2D eigenvalue weighted by Gasteiger charge is 2.35. The van der Waals surface area contributed by atoms with Crippen LogP contribution in [0.3, 0.4) is 0 Å². The van der Waals surface area contributed by atoms with Gasteiger partial charge in [0.15, 0.2) is 5.17 Å². The van der Waals surface area contributed by atoms with E-state index in [-0.39, 0.29) is 24.1 Å². The molecule has 1 fully saturated rings. The molecular weight excluding hydrogens is 496 g/mol. The van der Waals surface area contributed by atoms with Crippen molar-refractivity contribution in [1.82, 2.24) is 4.90 Å². The Bertz CT molecular complexity index is 1220. The number of nitrogens with zero attached hydrogens (tertiary/aromatic N) is 2. The second kappa shape index (κ2) is 11.0. The van der Waals surface area contributed by atoms with Crippen molar-refractivity contribution < 1.29 is 14.0 Å². The van der Waals surface area contributed by atoms with E-state index in [0.29, 0.717) is 39.6 Å². The molecule has 4 rings (SSSR count). The first-order chi connectivity index (χ1) is 16.4. The van der Waals surface area contributed by atoms with Gasteiger partial charge in [-0.2, -0.15) is 0 Å². The van der Waals surface area contributed by atoms with Gasteiger partial charge in [-0.25, -0.2) is 9.38 Å². The summed E-state index contributed by atoms with van der Waals surface area (Å²) in [6.45, 7) is 0.385. The molecule has 3 aromatic carbocycles. The van der Waals surface area contributed by atoms with E-state index in [9.17, 15) is 14.0 Å². The number of amidine groups is 1. The molecule has 0 aliphatic carbocycles. The largest absolute Gasteiger partial charge is 0.325 e.